The second-order valence-corrected chi connectivity index (χ2v) is 7.48. The van der Waals surface area contributed by atoms with Gasteiger partial charge in [-0.25, -0.2) is 4.98 Å². The van der Waals surface area contributed by atoms with Crippen molar-refractivity contribution < 1.29 is 28.4 Å². The number of methoxy groups -OCH3 is 6. The quantitative estimate of drug-likeness (QED) is 0.326. The van der Waals surface area contributed by atoms with Gasteiger partial charge >= 0.3 is 0 Å². The van der Waals surface area contributed by atoms with Crippen molar-refractivity contribution in [2.45, 2.75) is 0 Å². The maximum Gasteiger partial charge on any atom is 0.203 e. The summed E-state index contributed by atoms with van der Waals surface area (Å²) in [5.41, 5.74) is 4.09. The molecule has 0 aliphatic heterocycles. The molecule has 4 aromatic rings. The number of imidazole rings is 1. The van der Waals surface area contributed by atoms with Crippen LogP contribution in [0.3, 0.4) is 0 Å². The van der Waals surface area contributed by atoms with Crippen LogP contribution in [-0.2, 0) is 0 Å². The van der Waals surface area contributed by atoms with Crippen molar-refractivity contribution in [2.24, 2.45) is 0 Å². The fourth-order valence-electron chi connectivity index (χ4n) is 4.06. The van der Waals surface area contributed by atoms with Gasteiger partial charge < -0.3 is 28.4 Å². The second-order valence-electron chi connectivity index (χ2n) is 7.48. The molecule has 0 spiro atoms. The molecular weight excluding hydrogens is 448 g/mol. The fourth-order valence-corrected chi connectivity index (χ4v) is 4.06. The largest absolute Gasteiger partial charge is 0.493 e. The topological polar surface area (TPSA) is 73.2 Å². The third-order valence-corrected chi connectivity index (χ3v) is 5.68. The summed E-state index contributed by atoms with van der Waals surface area (Å²) in [6, 6.07) is 17.5. The van der Waals surface area contributed by atoms with Crippen LogP contribution in [-0.4, -0.2) is 52.2 Å². The molecule has 0 radical (unpaired) electrons. The summed E-state index contributed by atoms with van der Waals surface area (Å²) in [5, 5.41) is 0. The Balaban J connectivity index is 2.04. The number of hydrogen-bond acceptors (Lipinski definition) is 7. The zero-order valence-corrected chi connectivity index (χ0v) is 20.6. The number of para-hydroxylation sites is 1. The molecule has 0 aliphatic carbocycles. The molecule has 0 unspecified atom stereocenters. The van der Waals surface area contributed by atoms with E-state index in [9.17, 15) is 0 Å². The van der Waals surface area contributed by atoms with Gasteiger partial charge in [0.2, 0.25) is 11.5 Å². The maximum atomic E-state index is 5.62. The molecule has 3 aromatic carbocycles. The van der Waals surface area contributed by atoms with Crippen LogP contribution in [0.5, 0.6) is 34.5 Å². The van der Waals surface area contributed by atoms with Gasteiger partial charge in [-0.2, -0.15) is 0 Å². The number of ether oxygens (including phenoxy) is 6. The Bertz CT molecular complexity index is 1270. The van der Waals surface area contributed by atoms with Crippen LogP contribution in [0.25, 0.3) is 28.2 Å². The summed E-state index contributed by atoms with van der Waals surface area (Å²) in [5.74, 6) is 3.17. The molecule has 1 aromatic heterocycles. The van der Waals surface area contributed by atoms with E-state index in [0.717, 1.165) is 22.5 Å². The standard InChI is InChI=1S/C27H28N2O6/c1-30-20-12-17(13-21(31-2)26(20)34-5)24-25(29(16-28-24)19-10-8-7-9-11-19)18-14-22(32-3)27(35-6)23(15-18)33-4/h7-16H,1-6H3. The predicted molar refractivity (Wildman–Crippen MR) is 134 cm³/mol. The van der Waals surface area contributed by atoms with E-state index in [0.29, 0.717) is 40.2 Å². The van der Waals surface area contributed by atoms with Crippen molar-refractivity contribution in [1.29, 1.82) is 0 Å². The first-order valence-corrected chi connectivity index (χ1v) is 10.8. The van der Waals surface area contributed by atoms with Gasteiger partial charge in [0.1, 0.15) is 6.33 Å². The molecule has 0 amide bonds. The van der Waals surface area contributed by atoms with Gasteiger partial charge in [-0.05, 0) is 36.4 Å². The monoisotopic (exact) mass is 476 g/mol. The molecular formula is C27H28N2O6. The summed E-state index contributed by atoms with van der Waals surface area (Å²) in [7, 11) is 9.51. The van der Waals surface area contributed by atoms with Crippen LogP contribution < -0.4 is 28.4 Å². The minimum atomic E-state index is 0.510. The molecule has 4 rings (SSSR count). The minimum Gasteiger partial charge on any atom is -0.493 e. The first kappa shape index (κ1) is 23.8. The molecule has 182 valence electrons. The van der Waals surface area contributed by atoms with E-state index in [2.05, 4.69) is 0 Å². The molecule has 8 nitrogen and oxygen atoms in total. The van der Waals surface area contributed by atoms with Gasteiger partial charge in [0, 0.05) is 16.8 Å². The van der Waals surface area contributed by atoms with Gasteiger partial charge in [-0.1, -0.05) is 18.2 Å². The molecule has 0 aliphatic rings. The smallest absolute Gasteiger partial charge is 0.203 e. The van der Waals surface area contributed by atoms with Gasteiger partial charge in [-0.3, -0.25) is 4.57 Å². The number of nitrogens with zero attached hydrogens (tertiary/aromatic N) is 2. The van der Waals surface area contributed by atoms with Gasteiger partial charge in [-0.15, -0.1) is 0 Å². The lowest BCUT2D eigenvalue weighted by Gasteiger charge is -2.17. The molecule has 0 bridgehead atoms. The van der Waals surface area contributed by atoms with Gasteiger partial charge in [0.05, 0.1) is 54.0 Å². The molecule has 0 saturated heterocycles. The Labute approximate surface area is 204 Å². The number of benzene rings is 3. The van der Waals surface area contributed by atoms with Crippen molar-refractivity contribution in [1.82, 2.24) is 9.55 Å². The van der Waals surface area contributed by atoms with E-state index >= 15 is 0 Å². The van der Waals surface area contributed by atoms with Crippen LogP contribution in [0.1, 0.15) is 0 Å². The third kappa shape index (κ3) is 4.30. The highest BCUT2D eigenvalue weighted by Gasteiger charge is 2.23. The highest BCUT2D eigenvalue weighted by atomic mass is 16.5. The molecule has 35 heavy (non-hydrogen) atoms. The van der Waals surface area contributed by atoms with Crippen molar-refractivity contribution in [3.63, 3.8) is 0 Å². The average Bonchev–Trinajstić information content (AvgIpc) is 3.37. The van der Waals surface area contributed by atoms with Crippen molar-refractivity contribution in [3.8, 4) is 62.7 Å². The van der Waals surface area contributed by atoms with E-state index in [1.165, 1.54) is 0 Å². The Morgan fingerprint density at radius 3 is 1.46 bits per heavy atom. The Morgan fingerprint density at radius 1 is 0.571 bits per heavy atom. The normalized spacial score (nSPS) is 10.6. The summed E-state index contributed by atoms with van der Waals surface area (Å²) in [6.07, 6.45) is 1.78. The molecule has 0 N–H and O–H groups in total. The Kier molecular flexibility index (Phi) is 7.01. The molecule has 1 heterocycles. The number of hydrogen-bond donors (Lipinski definition) is 0. The van der Waals surface area contributed by atoms with E-state index in [1.54, 1.807) is 49.0 Å². The first-order valence-electron chi connectivity index (χ1n) is 10.8. The van der Waals surface area contributed by atoms with E-state index in [1.807, 2.05) is 59.2 Å². The zero-order chi connectivity index (χ0) is 24.9. The van der Waals surface area contributed by atoms with Gasteiger partial charge in [0.15, 0.2) is 23.0 Å². The van der Waals surface area contributed by atoms with Crippen molar-refractivity contribution in [3.05, 3.63) is 60.9 Å². The van der Waals surface area contributed by atoms with Crippen LogP contribution in [0.2, 0.25) is 0 Å². The average molecular weight is 477 g/mol. The number of rotatable bonds is 9. The Morgan fingerprint density at radius 2 is 1.03 bits per heavy atom. The lowest BCUT2D eigenvalue weighted by molar-refractivity contribution is 0.324. The summed E-state index contributed by atoms with van der Waals surface area (Å²) in [6.45, 7) is 0. The fraction of sp³-hybridized carbons (Fsp3) is 0.222. The minimum absolute atomic E-state index is 0.510. The maximum absolute atomic E-state index is 5.62. The molecule has 0 saturated carbocycles. The van der Waals surface area contributed by atoms with Crippen LogP contribution in [0.4, 0.5) is 0 Å². The van der Waals surface area contributed by atoms with E-state index in [-0.39, 0.29) is 0 Å². The molecule has 0 atom stereocenters. The lowest BCUT2D eigenvalue weighted by atomic mass is 10.0. The second kappa shape index (κ2) is 10.3. The van der Waals surface area contributed by atoms with Gasteiger partial charge in [0.25, 0.3) is 0 Å². The Hall–Kier alpha value is -4.33. The van der Waals surface area contributed by atoms with Crippen molar-refractivity contribution in [2.75, 3.05) is 42.7 Å². The van der Waals surface area contributed by atoms with Crippen molar-refractivity contribution >= 4 is 0 Å². The van der Waals surface area contributed by atoms with Crippen LogP contribution in [0.15, 0.2) is 60.9 Å². The number of aromatic nitrogens is 2. The van der Waals surface area contributed by atoms with Crippen LogP contribution >= 0.6 is 0 Å². The van der Waals surface area contributed by atoms with Crippen LogP contribution in [0, 0.1) is 0 Å². The molecule has 0 fully saturated rings. The van der Waals surface area contributed by atoms with E-state index in [4.69, 9.17) is 33.4 Å². The SMILES string of the molecule is COc1cc(-c2ncn(-c3ccccc3)c2-c2cc(OC)c(OC)c(OC)c2)cc(OC)c1OC. The van der Waals surface area contributed by atoms with E-state index < -0.39 is 0 Å². The molecule has 8 heteroatoms. The summed E-state index contributed by atoms with van der Waals surface area (Å²) >= 11 is 0. The lowest BCUT2D eigenvalue weighted by Crippen LogP contribution is -2.00. The summed E-state index contributed by atoms with van der Waals surface area (Å²) in [4.78, 5) is 4.80. The first-order chi connectivity index (χ1) is 17.1. The zero-order valence-electron chi connectivity index (χ0n) is 20.6. The third-order valence-electron chi connectivity index (χ3n) is 5.68. The summed E-state index contributed by atoms with van der Waals surface area (Å²) < 4.78 is 35.5. The predicted octanol–water partition coefficient (Wildman–Crippen LogP) is 5.26. The highest BCUT2D eigenvalue weighted by molar-refractivity contribution is 5.84. The highest BCUT2D eigenvalue weighted by Crippen LogP contribution is 2.46.